The number of unbranched alkanes of at least 4 members (excludes halogenated alkanes) is 1. The summed E-state index contributed by atoms with van der Waals surface area (Å²) in [6.07, 6.45) is 1.42. The topological polar surface area (TPSA) is 98.3 Å². The largest absolute Gasteiger partial charge is 0.369 e. The Morgan fingerprint density at radius 3 is 2.50 bits per heavy atom. The van der Waals surface area contributed by atoms with Gasteiger partial charge in [-0.05, 0) is 13.3 Å². The first kappa shape index (κ1) is 16.9. The van der Waals surface area contributed by atoms with E-state index in [1.165, 1.54) is 4.68 Å². The average molecular weight is 323 g/mol. The molecule has 0 saturated heterocycles. The second kappa shape index (κ2) is 6.55. The van der Waals surface area contributed by atoms with Crippen molar-refractivity contribution < 1.29 is 13.2 Å². The lowest BCUT2D eigenvalue weighted by atomic mass is 10.3. The van der Waals surface area contributed by atoms with Gasteiger partial charge in [-0.25, -0.2) is 8.42 Å². The molecular formula is C11H19ClN4O3S. The SMILES string of the molecule is CCCCN(CC(N)=O)S(=O)(=O)c1c(C)nn(C)c1Cl. The second-order valence-corrected chi connectivity index (χ2v) is 6.72. The molecule has 114 valence electrons. The first-order chi connectivity index (χ1) is 9.21. The standard InChI is InChI=1S/C11H19ClN4O3S/c1-4-5-6-16(7-9(13)17)20(18,19)10-8(2)14-15(3)11(10)12/h4-7H2,1-3H3,(H2,13,17). The molecule has 1 rings (SSSR count). The molecule has 0 aliphatic carbocycles. The van der Waals surface area contributed by atoms with Crippen molar-refractivity contribution in [2.24, 2.45) is 12.8 Å². The van der Waals surface area contributed by atoms with E-state index >= 15 is 0 Å². The summed E-state index contributed by atoms with van der Waals surface area (Å²) in [6, 6.07) is 0. The smallest absolute Gasteiger partial charge is 0.248 e. The summed E-state index contributed by atoms with van der Waals surface area (Å²) in [7, 11) is -2.34. The Hall–Kier alpha value is -1.12. The molecule has 0 radical (unpaired) electrons. The number of sulfonamides is 1. The molecule has 0 fully saturated rings. The Morgan fingerprint density at radius 1 is 1.50 bits per heavy atom. The number of amides is 1. The van der Waals surface area contributed by atoms with Crippen LogP contribution in [0.1, 0.15) is 25.5 Å². The molecule has 0 spiro atoms. The predicted molar refractivity (Wildman–Crippen MR) is 75.8 cm³/mol. The van der Waals surface area contributed by atoms with Gasteiger partial charge in [-0.1, -0.05) is 24.9 Å². The quantitative estimate of drug-likeness (QED) is 0.797. The van der Waals surface area contributed by atoms with Crippen molar-refractivity contribution >= 4 is 27.5 Å². The van der Waals surface area contributed by atoms with Gasteiger partial charge in [0.25, 0.3) is 0 Å². The van der Waals surface area contributed by atoms with Crippen molar-refractivity contribution in [1.82, 2.24) is 14.1 Å². The van der Waals surface area contributed by atoms with Crippen molar-refractivity contribution in [3.63, 3.8) is 0 Å². The van der Waals surface area contributed by atoms with Gasteiger partial charge >= 0.3 is 0 Å². The maximum absolute atomic E-state index is 12.6. The third-order valence-corrected chi connectivity index (χ3v) is 5.33. The summed E-state index contributed by atoms with van der Waals surface area (Å²) >= 11 is 5.99. The number of nitrogens with zero attached hydrogens (tertiary/aromatic N) is 3. The summed E-state index contributed by atoms with van der Waals surface area (Å²) in [5.74, 6) is -0.706. The van der Waals surface area contributed by atoms with E-state index in [2.05, 4.69) is 5.10 Å². The minimum atomic E-state index is -3.89. The summed E-state index contributed by atoms with van der Waals surface area (Å²) < 4.78 is 27.6. The molecular weight excluding hydrogens is 304 g/mol. The van der Waals surface area contributed by atoms with Crippen LogP contribution in [0.4, 0.5) is 0 Å². The Balaban J connectivity index is 3.24. The highest BCUT2D eigenvalue weighted by Crippen LogP contribution is 2.27. The van der Waals surface area contributed by atoms with Gasteiger partial charge in [0, 0.05) is 13.6 Å². The van der Waals surface area contributed by atoms with Crippen molar-refractivity contribution in [2.45, 2.75) is 31.6 Å². The predicted octanol–water partition coefficient (Wildman–Crippen LogP) is 0.658. The first-order valence-electron chi connectivity index (χ1n) is 6.19. The molecule has 0 unspecified atom stereocenters. The molecule has 0 atom stereocenters. The molecule has 0 aliphatic heterocycles. The normalized spacial score (nSPS) is 12.1. The number of aromatic nitrogens is 2. The van der Waals surface area contributed by atoms with Crippen molar-refractivity contribution in [2.75, 3.05) is 13.1 Å². The molecule has 20 heavy (non-hydrogen) atoms. The van der Waals surface area contributed by atoms with Crippen LogP contribution in [-0.4, -0.2) is 41.5 Å². The van der Waals surface area contributed by atoms with Gasteiger partial charge in [0.05, 0.1) is 12.2 Å². The minimum absolute atomic E-state index is 0.0217. The van der Waals surface area contributed by atoms with Crippen LogP contribution in [0.15, 0.2) is 4.90 Å². The van der Waals surface area contributed by atoms with Gasteiger partial charge < -0.3 is 5.73 Å². The van der Waals surface area contributed by atoms with Crippen molar-refractivity contribution in [1.29, 1.82) is 0 Å². The molecule has 7 nitrogen and oxygen atoms in total. The highest BCUT2D eigenvalue weighted by molar-refractivity contribution is 7.89. The summed E-state index contributed by atoms with van der Waals surface area (Å²) in [4.78, 5) is 11.0. The number of hydrogen-bond donors (Lipinski definition) is 1. The van der Waals surface area contributed by atoms with Crippen LogP contribution in [0.25, 0.3) is 0 Å². The van der Waals surface area contributed by atoms with E-state index in [4.69, 9.17) is 17.3 Å². The summed E-state index contributed by atoms with van der Waals surface area (Å²) in [6.45, 7) is 3.33. The lowest BCUT2D eigenvalue weighted by Crippen LogP contribution is -2.39. The molecule has 1 aromatic heterocycles. The van der Waals surface area contributed by atoms with E-state index < -0.39 is 15.9 Å². The van der Waals surface area contributed by atoms with Crippen molar-refractivity contribution in [3.8, 4) is 0 Å². The Kier molecular flexibility index (Phi) is 5.55. The van der Waals surface area contributed by atoms with Crippen LogP contribution in [-0.2, 0) is 21.9 Å². The highest BCUT2D eigenvalue weighted by Gasteiger charge is 2.31. The van der Waals surface area contributed by atoms with E-state index in [0.29, 0.717) is 12.1 Å². The number of primary amides is 1. The number of carbonyl (C=O) groups excluding carboxylic acids is 1. The maximum Gasteiger partial charge on any atom is 0.248 e. The van der Waals surface area contributed by atoms with E-state index in [1.54, 1.807) is 14.0 Å². The number of aryl methyl sites for hydroxylation is 2. The van der Waals surface area contributed by atoms with Crippen LogP contribution >= 0.6 is 11.6 Å². The van der Waals surface area contributed by atoms with Crippen LogP contribution in [0.2, 0.25) is 5.15 Å². The Labute approximate surface area is 123 Å². The third-order valence-electron chi connectivity index (χ3n) is 2.79. The molecule has 1 aromatic rings. The lowest BCUT2D eigenvalue weighted by molar-refractivity contribution is -0.118. The third kappa shape index (κ3) is 3.50. The Morgan fingerprint density at radius 2 is 2.10 bits per heavy atom. The molecule has 2 N–H and O–H groups in total. The molecule has 0 aliphatic rings. The zero-order valence-corrected chi connectivity index (χ0v) is 13.3. The van der Waals surface area contributed by atoms with Crippen molar-refractivity contribution in [3.05, 3.63) is 10.8 Å². The zero-order valence-electron chi connectivity index (χ0n) is 11.8. The number of halogens is 1. The minimum Gasteiger partial charge on any atom is -0.369 e. The fraction of sp³-hybridized carbons (Fsp3) is 0.636. The van der Waals surface area contributed by atoms with Gasteiger partial charge in [-0.15, -0.1) is 0 Å². The van der Waals surface area contributed by atoms with E-state index in [1.807, 2.05) is 6.92 Å². The van der Waals surface area contributed by atoms with Gasteiger partial charge in [-0.3, -0.25) is 9.48 Å². The van der Waals surface area contributed by atoms with Crippen LogP contribution in [0, 0.1) is 6.92 Å². The summed E-state index contributed by atoms with van der Waals surface area (Å²) in [5.41, 5.74) is 5.42. The van der Waals surface area contributed by atoms with Crippen LogP contribution in [0.5, 0.6) is 0 Å². The highest BCUT2D eigenvalue weighted by atomic mass is 35.5. The van der Waals surface area contributed by atoms with Gasteiger partial charge in [-0.2, -0.15) is 9.40 Å². The molecule has 0 bridgehead atoms. The van der Waals surface area contributed by atoms with Gasteiger partial charge in [0.1, 0.15) is 10.0 Å². The average Bonchev–Trinajstić information content (AvgIpc) is 2.58. The molecule has 1 heterocycles. The zero-order chi connectivity index (χ0) is 15.5. The molecule has 1 amide bonds. The number of nitrogens with two attached hydrogens (primary N) is 1. The van der Waals surface area contributed by atoms with Gasteiger partial charge in [0.2, 0.25) is 15.9 Å². The molecule has 9 heteroatoms. The van der Waals surface area contributed by atoms with E-state index in [9.17, 15) is 13.2 Å². The first-order valence-corrected chi connectivity index (χ1v) is 8.01. The van der Waals surface area contributed by atoms with Crippen LogP contribution in [0.3, 0.4) is 0 Å². The molecule has 0 aromatic carbocycles. The number of rotatable bonds is 7. The monoisotopic (exact) mass is 322 g/mol. The van der Waals surface area contributed by atoms with Crippen LogP contribution < -0.4 is 5.73 Å². The fourth-order valence-corrected chi connectivity index (χ4v) is 3.98. The van der Waals surface area contributed by atoms with Gasteiger partial charge in [0.15, 0.2) is 0 Å². The lowest BCUT2D eigenvalue weighted by Gasteiger charge is -2.20. The molecule has 0 saturated carbocycles. The number of carbonyl (C=O) groups is 1. The number of hydrogen-bond acceptors (Lipinski definition) is 4. The Bertz CT molecular complexity index is 597. The second-order valence-electron chi connectivity index (χ2n) is 4.49. The maximum atomic E-state index is 12.6. The fourth-order valence-electron chi connectivity index (χ4n) is 1.83. The summed E-state index contributed by atoms with van der Waals surface area (Å²) in [5, 5.41) is 4.00. The van der Waals surface area contributed by atoms with E-state index in [-0.39, 0.29) is 23.1 Å². The van der Waals surface area contributed by atoms with E-state index in [0.717, 1.165) is 10.7 Å².